The van der Waals surface area contributed by atoms with Gasteiger partial charge in [0, 0.05) is 0 Å². The standard InChI is InChI=1S/C17H23N/c1-11(7-9-18)6-5-8-16(4)12(2)15-13(3)17(15)10-14(16)17/h6,13-15H,2,5,7-8,10H2,1,3-4H3/b11-6-. The fourth-order valence-electron chi connectivity index (χ4n) is 4.97. The maximum Gasteiger partial charge on any atom is 0.0666 e. The van der Waals surface area contributed by atoms with Crippen molar-refractivity contribution < 1.29 is 0 Å². The Labute approximate surface area is 111 Å². The van der Waals surface area contributed by atoms with Gasteiger partial charge in [0.15, 0.2) is 0 Å². The summed E-state index contributed by atoms with van der Waals surface area (Å²) in [6.45, 7) is 11.3. The van der Waals surface area contributed by atoms with Crippen LogP contribution in [0.25, 0.3) is 0 Å². The quantitative estimate of drug-likeness (QED) is 0.666. The van der Waals surface area contributed by atoms with Crippen LogP contribution in [0, 0.1) is 39.9 Å². The van der Waals surface area contributed by atoms with Crippen LogP contribution in [0.4, 0.5) is 0 Å². The fraction of sp³-hybridized carbons (Fsp3) is 0.706. The predicted molar refractivity (Wildman–Crippen MR) is 73.7 cm³/mol. The van der Waals surface area contributed by atoms with Gasteiger partial charge in [-0.3, -0.25) is 0 Å². The fourth-order valence-corrected chi connectivity index (χ4v) is 4.97. The molecule has 0 aliphatic heterocycles. The van der Waals surface area contributed by atoms with E-state index in [0.29, 0.717) is 17.3 Å². The maximum atomic E-state index is 8.65. The van der Waals surface area contributed by atoms with Crippen molar-refractivity contribution in [3.63, 3.8) is 0 Å². The Morgan fingerprint density at radius 1 is 1.61 bits per heavy atom. The van der Waals surface area contributed by atoms with E-state index in [1.165, 1.54) is 24.0 Å². The Hall–Kier alpha value is -1.03. The summed E-state index contributed by atoms with van der Waals surface area (Å²) in [5.74, 6) is 2.68. The number of hydrogen-bond donors (Lipinski definition) is 0. The van der Waals surface area contributed by atoms with Crippen molar-refractivity contribution in [2.24, 2.45) is 28.6 Å². The van der Waals surface area contributed by atoms with Crippen LogP contribution in [-0.2, 0) is 0 Å². The molecule has 1 spiro atoms. The molecule has 0 N–H and O–H groups in total. The highest BCUT2D eigenvalue weighted by Crippen LogP contribution is 2.91. The summed E-state index contributed by atoms with van der Waals surface area (Å²) in [6.07, 6.45) is 6.62. The first-order chi connectivity index (χ1) is 8.48. The molecule has 0 saturated heterocycles. The second-order valence-electron chi connectivity index (χ2n) is 7.00. The largest absolute Gasteiger partial charge is 0.198 e. The number of rotatable bonds is 4. The lowest BCUT2D eigenvalue weighted by atomic mass is 9.74. The van der Waals surface area contributed by atoms with Crippen molar-refractivity contribution in [1.82, 2.24) is 0 Å². The van der Waals surface area contributed by atoms with Gasteiger partial charge in [-0.15, -0.1) is 0 Å². The number of allylic oxidation sites excluding steroid dienone is 3. The minimum absolute atomic E-state index is 0.389. The van der Waals surface area contributed by atoms with E-state index < -0.39 is 0 Å². The van der Waals surface area contributed by atoms with Crippen molar-refractivity contribution in [2.75, 3.05) is 0 Å². The average molecular weight is 241 g/mol. The van der Waals surface area contributed by atoms with Crippen molar-refractivity contribution in [3.8, 4) is 6.07 Å². The lowest BCUT2D eigenvalue weighted by molar-refractivity contribution is 0.304. The van der Waals surface area contributed by atoms with E-state index in [4.69, 9.17) is 5.26 Å². The van der Waals surface area contributed by atoms with Crippen LogP contribution in [-0.4, -0.2) is 0 Å². The molecule has 3 rings (SSSR count). The molecule has 0 aromatic rings. The van der Waals surface area contributed by atoms with E-state index in [2.05, 4.69) is 39.5 Å². The van der Waals surface area contributed by atoms with Gasteiger partial charge in [-0.25, -0.2) is 0 Å². The third-order valence-electron chi connectivity index (χ3n) is 6.26. The van der Waals surface area contributed by atoms with Crippen LogP contribution in [0.5, 0.6) is 0 Å². The molecule has 0 bridgehead atoms. The van der Waals surface area contributed by atoms with Gasteiger partial charge < -0.3 is 0 Å². The highest BCUT2D eigenvalue weighted by molar-refractivity contribution is 5.46. The molecule has 5 atom stereocenters. The van der Waals surface area contributed by atoms with E-state index in [9.17, 15) is 0 Å². The zero-order chi connectivity index (χ0) is 13.1. The SMILES string of the molecule is C=C1C2C(C)C23CC3C1(C)CC/C=C(/C)CC#N. The third-order valence-corrected chi connectivity index (χ3v) is 6.26. The van der Waals surface area contributed by atoms with Crippen LogP contribution in [0.2, 0.25) is 0 Å². The highest BCUT2D eigenvalue weighted by Gasteiger charge is 2.85. The number of nitrogens with zero attached hydrogens (tertiary/aromatic N) is 1. The number of nitriles is 1. The molecule has 3 aliphatic carbocycles. The summed E-state index contributed by atoms with van der Waals surface area (Å²) in [7, 11) is 0. The number of hydrogen-bond acceptors (Lipinski definition) is 1. The van der Waals surface area contributed by atoms with Crippen LogP contribution in [0.1, 0.15) is 46.5 Å². The minimum Gasteiger partial charge on any atom is -0.198 e. The lowest BCUT2D eigenvalue weighted by Crippen LogP contribution is -2.21. The molecule has 0 radical (unpaired) electrons. The Balaban J connectivity index is 1.63. The molecule has 0 amide bonds. The Bertz CT molecular complexity index is 480. The molecule has 1 heteroatoms. The predicted octanol–water partition coefficient (Wildman–Crippen LogP) is 4.47. The zero-order valence-electron chi connectivity index (χ0n) is 11.8. The summed E-state index contributed by atoms with van der Waals surface area (Å²) in [6, 6.07) is 2.21. The van der Waals surface area contributed by atoms with Crippen molar-refractivity contribution in [2.45, 2.75) is 46.5 Å². The summed E-state index contributed by atoms with van der Waals surface area (Å²) in [4.78, 5) is 0. The van der Waals surface area contributed by atoms with Gasteiger partial charge >= 0.3 is 0 Å². The summed E-state index contributed by atoms with van der Waals surface area (Å²) in [5, 5.41) is 8.65. The molecule has 3 fully saturated rings. The van der Waals surface area contributed by atoms with Crippen molar-refractivity contribution in [3.05, 3.63) is 23.8 Å². The van der Waals surface area contributed by atoms with E-state index >= 15 is 0 Å². The molecular weight excluding hydrogens is 218 g/mol. The third kappa shape index (κ3) is 1.27. The molecule has 0 aromatic heterocycles. The average Bonchev–Trinajstić information content (AvgIpc) is 3.15. The minimum atomic E-state index is 0.389. The van der Waals surface area contributed by atoms with Gasteiger partial charge in [0.1, 0.15) is 0 Å². The molecule has 3 saturated carbocycles. The summed E-state index contributed by atoms with van der Waals surface area (Å²) < 4.78 is 0. The van der Waals surface area contributed by atoms with Gasteiger partial charge in [-0.2, -0.15) is 5.26 Å². The molecule has 0 aromatic carbocycles. The normalized spacial score (nSPS) is 48.4. The zero-order valence-corrected chi connectivity index (χ0v) is 11.8. The lowest BCUT2D eigenvalue weighted by Gasteiger charge is -2.30. The Kier molecular flexibility index (Phi) is 2.34. The van der Waals surface area contributed by atoms with Gasteiger partial charge in [-0.05, 0) is 54.8 Å². The second kappa shape index (κ2) is 3.50. The molecule has 5 unspecified atom stereocenters. The Morgan fingerprint density at radius 2 is 2.33 bits per heavy atom. The van der Waals surface area contributed by atoms with Crippen molar-refractivity contribution in [1.29, 1.82) is 5.26 Å². The van der Waals surface area contributed by atoms with Gasteiger partial charge in [-0.1, -0.05) is 37.6 Å². The van der Waals surface area contributed by atoms with Crippen LogP contribution < -0.4 is 0 Å². The maximum absolute atomic E-state index is 8.65. The second-order valence-corrected chi connectivity index (χ2v) is 7.00. The van der Waals surface area contributed by atoms with Gasteiger partial charge in [0.2, 0.25) is 0 Å². The summed E-state index contributed by atoms with van der Waals surface area (Å²) in [5.41, 5.74) is 3.85. The highest BCUT2D eigenvalue weighted by atomic mass is 14.9. The van der Waals surface area contributed by atoms with E-state index in [1.54, 1.807) is 0 Å². The molecule has 1 nitrogen and oxygen atoms in total. The topological polar surface area (TPSA) is 23.8 Å². The smallest absolute Gasteiger partial charge is 0.0666 e. The van der Waals surface area contributed by atoms with E-state index in [1.807, 2.05) is 0 Å². The first-order valence-electron chi connectivity index (χ1n) is 7.20. The molecule has 3 aliphatic rings. The van der Waals surface area contributed by atoms with Gasteiger partial charge in [0.05, 0.1) is 12.5 Å². The monoisotopic (exact) mass is 241 g/mol. The van der Waals surface area contributed by atoms with Crippen molar-refractivity contribution >= 4 is 0 Å². The van der Waals surface area contributed by atoms with E-state index in [0.717, 1.165) is 24.2 Å². The first-order valence-corrected chi connectivity index (χ1v) is 7.20. The van der Waals surface area contributed by atoms with Crippen LogP contribution in [0.3, 0.4) is 0 Å². The van der Waals surface area contributed by atoms with Crippen LogP contribution in [0.15, 0.2) is 23.8 Å². The first kappa shape index (κ1) is 12.0. The molecule has 96 valence electrons. The van der Waals surface area contributed by atoms with Gasteiger partial charge in [0.25, 0.3) is 0 Å². The molecular formula is C17H23N. The Morgan fingerprint density at radius 3 is 2.89 bits per heavy atom. The molecule has 18 heavy (non-hydrogen) atoms. The summed E-state index contributed by atoms with van der Waals surface area (Å²) >= 11 is 0. The van der Waals surface area contributed by atoms with Crippen LogP contribution >= 0.6 is 0 Å². The molecule has 0 heterocycles. The van der Waals surface area contributed by atoms with E-state index in [-0.39, 0.29) is 0 Å².